The normalized spacial score (nSPS) is 13.1. The highest BCUT2D eigenvalue weighted by Gasteiger charge is 2.24. The van der Waals surface area contributed by atoms with Crippen LogP contribution in [0.15, 0.2) is 53.5 Å². The third-order valence-electron chi connectivity index (χ3n) is 5.17. The van der Waals surface area contributed by atoms with E-state index in [9.17, 15) is 19.1 Å². The quantitative estimate of drug-likeness (QED) is 0.414. The molecular weight excluding hydrogens is 423 g/mol. The van der Waals surface area contributed by atoms with Crippen molar-refractivity contribution in [1.82, 2.24) is 15.2 Å². The molecule has 164 valence electrons. The van der Waals surface area contributed by atoms with Crippen molar-refractivity contribution in [3.05, 3.63) is 75.4 Å². The fourth-order valence-electron chi connectivity index (χ4n) is 3.39. The van der Waals surface area contributed by atoms with E-state index in [2.05, 4.69) is 15.6 Å². The molecule has 0 spiro atoms. The SMILES string of the molecule is CNC(O)CCN(C(=O)Nc1ccc(F)c(Cl)c1)C(C)c1c[nH]c(=O)c2ccccc12. The number of halogens is 2. The Morgan fingerprint density at radius 2 is 1.97 bits per heavy atom. The number of aromatic nitrogens is 1. The average molecular weight is 447 g/mol. The minimum atomic E-state index is -0.796. The molecule has 0 aliphatic heterocycles. The van der Waals surface area contributed by atoms with Gasteiger partial charge in [0.2, 0.25) is 0 Å². The van der Waals surface area contributed by atoms with Gasteiger partial charge in [-0.2, -0.15) is 0 Å². The monoisotopic (exact) mass is 446 g/mol. The Kier molecular flexibility index (Phi) is 7.27. The number of anilines is 1. The van der Waals surface area contributed by atoms with Gasteiger partial charge in [-0.25, -0.2) is 9.18 Å². The second-order valence-electron chi connectivity index (χ2n) is 7.14. The first-order valence-electron chi connectivity index (χ1n) is 9.80. The molecule has 2 unspecified atom stereocenters. The fraction of sp³-hybridized carbons (Fsp3) is 0.273. The lowest BCUT2D eigenvalue weighted by molar-refractivity contribution is 0.116. The van der Waals surface area contributed by atoms with E-state index in [1.807, 2.05) is 19.1 Å². The number of carbonyl (C=O) groups excluding carboxylic acids is 1. The van der Waals surface area contributed by atoms with Crippen LogP contribution >= 0.6 is 11.6 Å². The van der Waals surface area contributed by atoms with Crippen LogP contribution in [0.3, 0.4) is 0 Å². The number of rotatable bonds is 7. The van der Waals surface area contributed by atoms with Gasteiger partial charge in [-0.15, -0.1) is 0 Å². The first kappa shape index (κ1) is 22.7. The summed E-state index contributed by atoms with van der Waals surface area (Å²) in [6.07, 6.45) is 1.08. The number of hydrogen-bond acceptors (Lipinski definition) is 4. The summed E-state index contributed by atoms with van der Waals surface area (Å²) in [6, 6.07) is 10.2. The molecule has 3 rings (SSSR count). The van der Waals surface area contributed by atoms with Crippen LogP contribution in [0.25, 0.3) is 10.8 Å². The summed E-state index contributed by atoms with van der Waals surface area (Å²) >= 11 is 5.82. The summed E-state index contributed by atoms with van der Waals surface area (Å²) in [6.45, 7) is 2.06. The van der Waals surface area contributed by atoms with Crippen molar-refractivity contribution in [2.24, 2.45) is 0 Å². The number of aliphatic hydroxyl groups excluding tert-OH is 1. The molecule has 7 nitrogen and oxygen atoms in total. The zero-order chi connectivity index (χ0) is 22.5. The van der Waals surface area contributed by atoms with Gasteiger partial charge in [0, 0.05) is 30.2 Å². The van der Waals surface area contributed by atoms with E-state index in [4.69, 9.17) is 11.6 Å². The Hall–Kier alpha value is -2.94. The van der Waals surface area contributed by atoms with Crippen LogP contribution in [0.4, 0.5) is 14.9 Å². The Morgan fingerprint density at radius 1 is 1.26 bits per heavy atom. The number of aromatic amines is 1. The Labute approximate surface area is 183 Å². The lowest BCUT2D eigenvalue weighted by Gasteiger charge is -2.31. The van der Waals surface area contributed by atoms with Gasteiger partial charge in [-0.3, -0.25) is 10.1 Å². The number of amides is 2. The van der Waals surface area contributed by atoms with Crippen LogP contribution in [0.2, 0.25) is 5.02 Å². The molecule has 4 N–H and O–H groups in total. The zero-order valence-corrected chi connectivity index (χ0v) is 17.9. The number of carbonyl (C=O) groups is 1. The Bertz CT molecular complexity index is 1140. The number of urea groups is 1. The van der Waals surface area contributed by atoms with Crippen LogP contribution in [-0.2, 0) is 0 Å². The molecule has 3 aromatic rings. The first-order valence-corrected chi connectivity index (χ1v) is 10.2. The van der Waals surface area contributed by atoms with Gasteiger partial charge in [-0.05, 0) is 49.2 Å². The number of benzene rings is 2. The maximum atomic E-state index is 13.5. The van der Waals surface area contributed by atoms with Gasteiger partial charge >= 0.3 is 6.03 Å². The Morgan fingerprint density at radius 3 is 2.65 bits per heavy atom. The number of H-pyrrole nitrogens is 1. The predicted molar refractivity (Wildman–Crippen MR) is 120 cm³/mol. The first-order chi connectivity index (χ1) is 14.8. The predicted octanol–water partition coefficient (Wildman–Crippen LogP) is 3.84. The zero-order valence-electron chi connectivity index (χ0n) is 17.2. The highest BCUT2D eigenvalue weighted by molar-refractivity contribution is 6.31. The van der Waals surface area contributed by atoms with E-state index in [1.54, 1.807) is 25.4 Å². The van der Waals surface area contributed by atoms with Crippen LogP contribution in [-0.4, -0.2) is 40.8 Å². The van der Waals surface area contributed by atoms with E-state index in [1.165, 1.54) is 23.1 Å². The van der Waals surface area contributed by atoms with Gasteiger partial charge in [0.15, 0.2) is 0 Å². The molecule has 1 heterocycles. The van der Waals surface area contributed by atoms with Gasteiger partial charge in [0.25, 0.3) is 5.56 Å². The number of fused-ring (bicyclic) bond motifs is 1. The van der Waals surface area contributed by atoms with E-state index in [0.29, 0.717) is 11.1 Å². The summed E-state index contributed by atoms with van der Waals surface area (Å²) in [5.74, 6) is -0.582. The third-order valence-corrected chi connectivity index (χ3v) is 5.46. The lowest BCUT2D eigenvalue weighted by atomic mass is 10.0. The Balaban J connectivity index is 1.94. The second-order valence-corrected chi connectivity index (χ2v) is 7.55. The van der Waals surface area contributed by atoms with Crippen molar-refractivity contribution in [2.75, 3.05) is 18.9 Å². The van der Waals surface area contributed by atoms with E-state index >= 15 is 0 Å². The minimum Gasteiger partial charge on any atom is -0.379 e. The molecule has 0 bridgehead atoms. The number of nitrogens with zero attached hydrogens (tertiary/aromatic N) is 1. The third kappa shape index (κ3) is 5.22. The highest BCUT2D eigenvalue weighted by atomic mass is 35.5. The van der Waals surface area contributed by atoms with Gasteiger partial charge in [0.05, 0.1) is 11.1 Å². The van der Waals surface area contributed by atoms with Gasteiger partial charge in [0.1, 0.15) is 12.0 Å². The van der Waals surface area contributed by atoms with Crippen molar-refractivity contribution in [2.45, 2.75) is 25.6 Å². The molecule has 2 aromatic carbocycles. The molecule has 0 aliphatic carbocycles. The van der Waals surface area contributed by atoms with E-state index < -0.39 is 24.1 Å². The number of nitrogens with one attached hydrogen (secondary N) is 3. The highest BCUT2D eigenvalue weighted by Crippen LogP contribution is 2.27. The number of pyridine rings is 1. The summed E-state index contributed by atoms with van der Waals surface area (Å²) in [7, 11) is 1.62. The molecule has 31 heavy (non-hydrogen) atoms. The molecule has 1 aromatic heterocycles. The van der Waals surface area contributed by atoms with Gasteiger partial charge in [-0.1, -0.05) is 29.8 Å². The molecule has 0 aliphatic rings. The molecular formula is C22H24ClFN4O3. The summed E-state index contributed by atoms with van der Waals surface area (Å²) in [5, 5.41) is 16.5. The van der Waals surface area contributed by atoms with Crippen LogP contribution in [0.1, 0.15) is 24.9 Å². The molecule has 0 fully saturated rings. The summed E-state index contributed by atoms with van der Waals surface area (Å²) in [5.41, 5.74) is 0.879. The van der Waals surface area contributed by atoms with Crippen molar-refractivity contribution in [3.8, 4) is 0 Å². The minimum absolute atomic E-state index is 0.102. The molecule has 0 saturated carbocycles. The topological polar surface area (TPSA) is 97.5 Å². The van der Waals surface area contributed by atoms with Crippen LogP contribution < -0.4 is 16.2 Å². The lowest BCUT2D eigenvalue weighted by Crippen LogP contribution is -2.40. The van der Waals surface area contributed by atoms with Crippen LogP contribution in [0, 0.1) is 5.82 Å². The standard InChI is InChI=1S/C22H24ClFN4O3/c1-13(17-12-26-21(30)16-6-4-3-5-15(16)17)28(10-9-20(29)25-2)22(31)27-14-7-8-19(24)18(23)11-14/h3-8,11-13,20,25,29H,9-10H2,1-2H3,(H,26,30)(H,27,31). The van der Waals surface area contributed by atoms with Crippen molar-refractivity contribution < 1.29 is 14.3 Å². The number of hydrogen-bond donors (Lipinski definition) is 4. The molecule has 2 amide bonds. The van der Waals surface area contributed by atoms with Crippen molar-refractivity contribution in [1.29, 1.82) is 0 Å². The molecule has 0 radical (unpaired) electrons. The largest absolute Gasteiger partial charge is 0.379 e. The maximum Gasteiger partial charge on any atom is 0.322 e. The molecule has 9 heteroatoms. The summed E-state index contributed by atoms with van der Waals surface area (Å²) in [4.78, 5) is 29.6. The summed E-state index contributed by atoms with van der Waals surface area (Å²) < 4.78 is 13.5. The van der Waals surface area contributed by atoms with E-state index in [0.717, 1.165) is 10.9 Å². The van der Waals surface area contributed by atoms with E-state index in [-0.39, 0.29) is 23.5 Å². The molecule has 2 atom stereocenters. The average Bonchev–Trinajstić information content (AvgIpc) is 2.76. The second kappa shape index (κ2) is 9.91. The van der Waals surface area contributed by atoms with Gasteiger partial charge < -0.3 is 20.3 Å². The fourth-order valence-corrected chi connectivity index (χ4v) is 3.57. The maximum absolute atomic E-state index is 13.5. The molecule has 0 saturated heterocycles. The van der Waals surface area contributed by atoms with Crippen molar-refractivity contribution in [3.63, 3.8) is 0 Å². The van der Waals surface area contributed by atoms with Crippen molar-refractivity contribution >= 4 is 34.1 Å². The smallest absolute Gasteiger partial charge is 0.322 e. The van der Waals surface area contributed by atoms with Crippen LogP contribution in [0.5, 0.6) is 0 Å². The number of aliphatic hydroxyl groups is 1.